The molecule has 318 valence electrons. The first kappa shape index (κ1) is 38.4. The number of nitrogens with zero attached hydrogens (tertiary/aromatic N) is 4. The maximum atomic E-state index is 5.64. The lowest BCUT2D eigenvalue weighted by atomic mass is 9.84. The van der Waals surface area contributed by atoms with Crippen LogP contribution in [0.15, 0.2) is 170 Å². The zero-order valence-corrected chi connectivity index (χ0v) is 38.1. The van der Waals surface area contributed by atoms with Crippen molar-refractivity contribution in [3.05, 3.63) is 192 Å². The molecule has 13 aromatic rings. The average Bonchev–Trinajstić information content (AvgIpc) is 4.05. The Morgan fingerprint density at radius 3 is 1.46 bits per heavy atom. The third-order valence-electron chi connectivity index (χ3n) is 13.7. The summed E-state index contributed by atoms with van der Waals surface area (Å²) in [6.07, 6.45) is 1.69. The van der Waals surface area contributed by atoms with Crippen LogP contribution in [0.3, 0.4) is 0 Å². The van der Waals surface area contributed by atoms with Gasteiger partial charge in [-0.3, -0.25) is 0 Å². The van der Waals surface area contributed by atoms with Gasteiger partial charge in [0.2, 0.25) is 0 Å². The molecule has 0 radical (unpaired) electrons. The third kappa shape index (κ3) is 6.17. The Bertz CT molecular complexity index is 4030. The Hall–Kier alpha value is -7.91. The molecule has 0 amide bonds. The summed E-state index contributed by atoms with van der Waals surface area (Å²) < 4.78 is 18.7. The molecule has 0 fully saturated rings. The smallest absolute Gasteiger partial charge is 0.164 e. The summed E-state index contributed by atoms with van der Waals surface area (Å²) >= 11 is 3.64. The van der Waals surface area contributed by atoms with Gasteiger partial charge in [0.25, 0.3) is 0 Å². The van der Waals surface area contributed by atoms with E-state index in [1.54, 1.807) is 14.2 Å². The van der Waals surface area contributed by atoms with Gasteiger partial charge in [-0.2, -0.15) is 0 Å². The fourth-order valence-corrected chi connectivity index (χ4v) is 12.5. The summed E-state index contributed by atoms with van der Waals surface area (Å²) in [7, 11) is 3.43. The average molecular weight is 899 g/mol. The van der Waals surface area contributed by atoms with E-state index < -0.39 is 0 Å². The van der Waals surface area contributed by atoms with Crippen LogP contribution in [0.25, 0.3) is 113 Å². The zero-order valence-electron chi connectivity index (χ0n) is 36.5. The molecule has 0 aliphatic heterocycles. The highest BCUT2D eigenvalue weighted by Crippen LogP contribution is 2.41. The molecular weight excluding hydrogens is 861 g/mol. The van der Waals surface area contributed by atoms with Crippen molar-refractivity contribution >= 4 is 95.6 Å². The Morgan fingerprint density at radius 2 is 0.881 bits per heavy atom. The van der Waals surface area contributed by atoms with E-state index in [9.17, 15) is 0 Å². The number of rotatable bonds is 6. The minimum absolute atomic E-state index is 0.668. The van der Waals surface area contributed by atoms with Crippen molar-refractivity contribution in [1.29, 1.82) is 0 Å². The quantitative estimate of drug-likeness (QED) is 0.166. The number of hydrogen-bond donors (Lipinski definition) is 0. The standard InChI is InChI=1S/C59H38N4O2S2/c1-64-43-17-19-51-47(31-43)48-32-44(65-2)18-20-52(48)63(51)42-16-13-34-24-39-26-38-25-35(12-11-33(38)23-40(39)27-41(34)28-42)57-60-58(36-14-21-55-49(29-36)45-7-3-5-9-53(45)66-55)62-59(61-57)37-15-22-56-50(30-37)46-8-4-6-10-54(46)67-56/h3-22,24-25,27-32H,23,26H2,1-2H3. The van der Waals surface area contributed by atoms with Gasteiger partial charge in [-0.15, -0.1) is 22.7 Å². The fraction of sp³-hybridized carbons (Fsp3) is 0.0678. The second-order valence-corrected chi connectivity index (χ2v) is 19.7. The van der Waals surface area contributed by atoms with Crippen LogP contribution in [0.2, 0.25) is 0 Å². The minimum Gasteiger partial charge on any atom is -0.497 e. The van der Waals surface area contributed by atoms with Gasteiger partial charge in [-0.05, 0) is 149 Å². The lowest BCUT2D eigenvalue weighted by Crippen LogP contribution is -2.08. The van der Waals surface area contributed by atoms with Gasteiger partial charge in [0, 0.05) is 73.5 Å². The Kier molecular flexibility index (Phi) is 8.48. The first-order valence-electron chi connectivity index (χ1n) is 22.5. The highest BCUT2D eigenvalue weighted by molar-refractivity contribution is 7.26. The highest BCUT2D eigenvalue weighted by atomic mass is 32.1. The van der Waals surface area contributed by atoms with Crippen LogP contribution in [0, 0.1) is 0 Å². The van der Waals surface area contributed by atoms with Crippen molar-refractivity contribution in [2.75, 3.05) is 14.2 Å². The van der Waals surface area contributed by atoms with E-state index in [4.69, 9.17) is 24.4 Å². The molecule has 0 saturated carbocycles. The second-order valence-electron chi connectivity index (χ2n) is 17.5. The van der Waals surface area contributed by atoms with Crippen molar-refractivity contribution in [3.8, 4) is 51.3 Å². The first-order chi connectivity index (χ1) is 33.0. The molecule has 0 atom stereocenters. The van der Waals surface area contributed by atoms with Gasteiger partial charge in [0.1, 0.15) is 11.5 Å². The van der Waals surface area contributed by atoms with Crippen LogP contribution >= 0.6 is 22.7 Å². The van der Waals surface area contributed by atoms with Gasteiger partial charge in [-0.25, -0.2) is 15.0 Å². The Morgan fingerprint density at radius 1 is 0.388 bits per heavy atom. The maximum Gasteiger partial charge on any atom is 0.164 e. The molecule has 14 rings (SSSR count). The zero-order chi connectivity index (χ0) is 44.3. The first-order valence-corrected chi connectivity index (χ1v) is 24.1. The summed E-state index contributed by atoms with van der Waals surface area (Å²) in [6, 6.07) is 61.5. The molecule has 4 heterocycles. The second kappa shape index (κ2) is 14.8. The molecule has 0 unspecified atom stereocenters. The topological polar surface area (TPSA) is 62.1 Å². The molecule has 0 spiro atoms. The van der Waals surface area contributed by atoms with Crippen LogP contribution in [0.1, 0.15) is 22.3 Å². The van der Waals surface area contributed by atoms with Crippen LogP contribution in [-0.2, 0) is 12.8 Å². The van der Waals surface area contributed by atoms with E-state index in [0.717, 1.165) is 68.5 Å². The SMILES string of the molecule is COc1ccc2c(c1)c1cc(OC)ccc1n2-c1ccc2cc3c(cc2c1)Cc1ccc(-c2nc(-c4ccc5sc6ccccc6c5c4)nc(-c4ccc5sc6ccccc6c5c4)n2)cc1C3. The molecule has 0 N–H and O–H groups in total. The Balaban J connectivity index is 0.854. The summed E-state index contributed by atoms with van der Waals surface area (Å²) in [5, 5.41) is 9.65. The Labute approximate surface area is 393 Å². The molecule has 4 aromatic heterocycles. The highest BCUT2D eigenvalue weighted by Gasteiger charge is 2.21. The molecule has 6 nitrogen and oxygen atoms in total. The van der Waals surface area contributed by atoms with Crippen molar-refractivity contribution in [2.45, 2.75) is 12.8 Å². The monoisotopic (exact) mass is 898 g/mol. The van der Waals surface area contributed by atoms with E-state index in [1.165, 1.54) is 73.4 Å². The molecule has 0 bridgehead atoms. The number of methoxy groups -OCH3 is 2. The van der Waals surface area contributed by atoms with Crippen molar-refractivity contribution < 1.29 is 9.47 Å². The van der Waals surface area contributed by atoms with E-state index >= 15 is 0 Å². The molecule has 1 aliphatic carbocycles. The maximum absolute atomic E-state index is 5.64. The molecule has 8 heteroatoms. The molecular formula is C59H38N4O2S2. The van der Waals surface area contributed by atoms with E-state index in [0.29, 0.717) is 17.5 Å². The van der Waals surface area contributed by atoms with Crippen molar-refractivity contribution in [3.63, 3.8) is 0 Å². The predicted molar refractivity (Wildman–Crippen MR) is 279 cm³/mol. The number of hydrogen-bond acceptors (Lipinski definition) is 7. The van der Waals surface area contributed by atoms with Gasteiger partial charge in [-0.1, -0.05) is 66.7 Å². The van der Waals surface area contributed by atoms with Crippen LogP contribution < -0.4 is 9.47 Å². The van der Waals surface area contributed by atoms with E-state index in [1.807, 2.05) is 34.8 Å². The predicted octanol–water partition coefficient (Wildman–Crippen LogP) is 15.4. The van der Waals surface area contributed by atoms with Crippen molar-refractivity contribution in [1.82, 2.24) is 19.5 Å². The minimum atomic E-state index is 0.668. The molecule has 67 heavy (non-hydrogen) atoms. The summed E-state index contributed by atoms with van der Waals surface area (Å²) in [6.45, 7) is 0. The number of ether oxygens (including phenoxy) is 2. The van der Waals surface area contributed by atoms with Gasteiger partial charge >= 0.3 is 0 Å². The van der Waals surface area contributed by atoms with Gasteiger partial charge in [0.05, 0.1) is 25.3 Å². The normalized spacial score (nSPS) is 12.5. The van der Waals surface area contributed by atoms with Gasteiger partial charge < -0.3 is 14.0 Å². The van der Waals surface area contributed by atoms with Crippen LogP contribution in [-0.4, -0.2) is 33.7 Å². The lowest BCUT2D eigenvalue weighted by Gasteiger charge is -2.22. The van der Waals surface area contributed by atoms with Crippen LogP contribution in [0.4, 0.5) is 0 Å². The molecule has 9 aromatic carbocycles. The van der Waals surface area contributed by atoms with E-state index in [-0.39, 0.29) is 0 Å². The number of thiophene rings is 2. The summed E-state index contributed by atoms with van der Waals surface area (Å²) in [4.78, 5) is 15.7. The summed E-state index contributed by atoms with van der Waals surface area (Å²) in [5.41, 5.74) is 11.6. The number of aromatic nitrogens is 4. The number of benzene rings is 9. The lowest BCUT2D eigenvalue weighted by molar-refractivity contribution is 0.415. The molecule has 1 aliphatic rings. The number of fused-ring (bicyclic) bond motifs is 12. The third-order valence-corrected chi connectivity index (χ3v) is 16.0. The van der Waals surface area contributed by atoms with Crippen molar-refractivity contribution in [2.24, 2.45) is 0 Å². The van der Waals surface area contributed by atoms with E-state index in [2.05, 4.69) is 162 Å². The fourth-order valence-electron chi connectivity index (χ4n) is 10.4. The molecule has 0 saturated heterocycles. The van der Waals surface area contributed by atoms with Crippen LogP contribution in [0.5, 0.6) is 11.5 Å². The summed E-state index contributed by atoms with van der Waals surface area (Å²) in [5.74, 6) is 3.67. The van der Waals surface area contributed by atoms with Gasteiger partial charge in [0.15, 0.2) is 17.5 Å². The largest absolute Gasteiger partial charge is 0.497 e.